The van der Waals surface area contributed by atoms with Gasteiger partial charge in [0.15, 0.2) is 5.58 Å². The summed E-state index contributed by atoms with van der Waals surface area (Å²) in [5.74, 6) is 0.869. The summed E-state index contributed by atoms with van der Waals surface area (Å²) in [4.78, 5) is 0. The number of para-hydroxylation sites is 2. The molecule has 0 fully saturated rings. The zero-order valence-electron chi connectivity index (χ0n) is 12.9. The molecule has 0 saturated carbocycles. The molecular weight excluding hydrogens is 286 g/mol. The standard InChI is InChI=1S/C20H17NO2/c1-22-15-11-9-14(10-12-15)13-21-18-7-4-6-17-16-5-2-3-8-19(16)23-20(17)18/h2-12,21H,13H2,1H3. The molecule has 1 N–H and O–H groups in total. The van der Waals surface area contributed by atoms with E-state index in [4.69, 9.17) is 9.15 Å². The van der Waals surface area contributed by atoms with Crippen LogP contribution in [0.1, 0.15) is 5.56 Å². The summed E-state index contributed by atoms with van der Waals surface area (Å²) in [6.45, 7) is 0.736. The van der Waals surface area contributed by atoms with Gasteiger partial charge in [0.1, 0.15) is 11.3 Å². The van der Waals surface area contributed by atoms with Crippen LogP contribution in [0.2, 0.25) is 0 Å². The second-order valence-corrected chi connectivity index (χ2v) is 5.48. The van der Waals surface area contributed by atoms with Gasteiger partial charge in [-0.15, -0.1) is 0 Å². The van der Waals surface area contributed by atoms with Gasteiger partial charge < -0.3 is 14.5 Å². The number of benzene rings is 3. The molecule has 4 rings (SSSR count). The summed E-state index contributed by atoms with van der Waals surface area (Å²) in [6.07, 6.45) is 0. The van der Waals surface area contributed by atoms with Crippen LogP contribution in [-0.4, -0.2) is 7.11 Å². The first-order valence-electron chi connectivity index (χ1n) is 7.62. The molecule has 0 saturated heterocycles. The van der Waals surface area contributed by atoms with Gasteiger partial charge in [-0.05, 0) is 29.8 Å². The maximum atomic E-state index is 6.03. The molecule has 0 aliphatic carbocycles. The van der Waals surface area contributed by atoms with E-state index in [0.717, 1.165) is 39.9 Å². The van der Waals surface area contributed by atoms with Gasteiger partial charge in [0.25, 0.3) is 0 Å². The fourth-order valence-corrected chi connectivity index (χ4v) is 2.83. The van der Waals surface area contributed by atoms with Crippen molar-refractivity contribution in [2.45, 2.75) is 6.54 Å². The molecule has 0 radical (unpaired) electrons. The van der Waals surface area contributed by atoms with Crippen LogP contribution in [0.25, 0.3) is 21.9 Å². The lowest BCUT2D eigenvalue weighted by molar-refractivity contribution is 0.414. The fourth-order valence-electron chi connectivity index (χ4n) is 2.83. The molecule has 0 spiro atoms. The second-order valence-electron chi connectivity index (χ2n) is 5.48. The number of furan rings is 1. The van der Waals surface area contributed by atoms with Crippen molar-refractivity contribution >= 4 is 27.6 Å². The molecule has 3 nitrogen and oxygen atoms in total. The predicted molar refractivity (Wildman–Crippen MR) is 94.0 cm³/mol. The van der Waals surface area contributed by atoms with E-state index >= 15 is 0 Å². The first kappa shape index (κ1) is 13.7. The minimum Gasteiger partial charge on any atom is -0.497 e. The van der Waals surface area contributed by atoms with Crippen LogP contribution in [0, 0.1) is 0 Å². The molecule has 0 aliphatic rings. The number of rotatable bonds is 4. The van der Waals surface area contributed by atoms with Gasteiger partial charge in [0, 0.05) is 17.3 Å². The minimum absolute atomic E-state index is 0.736. The Morgan fingerprint density at radius 3 is 2.48 bits per heavy atom. The number of fused-ring (bicyclic) bond motifs is 3. The summed E-state index contributed by atoms with van der Waals surface area (Å²) in [6, 6.07) is 22.4. The monoisotopic (exact) mass is 303 g/mol. The molecule has 0 aliphatic heterocycles. The molecule has 0 unspecified atom stereocenters. The Morgan fingerprint density at radius 2 is 1.65 bits per heavy atom. The lowest BCUT2D eigenvalue weighted by atomic mass is 10.1. The van der Waals surface area contributed by atoms with Crippen LogP contribution < -0.4 is 10.1 Å². The van der Waals surface area contributed by atoms with Crippen molar-refractivity contribution in [1.82, 2.24) is 0 Å². The van der Waals surface area contributed by atoms with Crippen molar-refractivity contribution in [1.29, 1.82) is 0 Å². The van der Waals surface area contributed by atoms with Crippen LogP contribution in [-0.2, 0) is 6.54 Å². The summed E-state index contributed by atoms with van der Waals surface area (Å²) >= 11 is 0. The minimum atomic E-state index is 0.736. The fraction of sp³-hybridized carbons (Fsp3) is 0.100. The van der Waals surface area contributed by atoms with Crippen LogP contribution in [0.4, 0.5) is 5.69 Å². The zero-order valence-corrected chi connectivity index (χ0v) is 12.9. The normalized spacial score (nSPS) is 11.0. The van der Waals surface area contributed by atoms with Crippen molar-refractivity contribution in [2.24, 2.45) is 0 Å². The Balaban J connectivity index is 1.65. The second kappa shape index (κ2) is 5.69. The van der Waals surface area contributed by atoms with E-state index in [9.17, 15) is 0 Å². The number of ether oxygens (including phenoxy) is 1. The summed E-state index contributed by atoms with van der Waals surface area (Å²) < 4.78 is 11.2. The summed E-state index contributed by atoms with van der Waals surface area (Å²) in [5, 5.41) is 5.76. The summed E-state index contributed by atoms with van der Waals surface area (Å²) in [7, 11) is 1.68. The zero-order chi connectivity index (χ0) is 15.6. The van der Waals surface area contributed by atoms with E-state index in [1.165, 1.54) is 5.56 Å². The Morgan fingerprint density at radius 1 is 0.870 bits per heavy atom. The van der Waals surface area contributed by atoms with Gasteiger partial charge in [0.05, 0.1) is 12.8 Å². The van der Waals surface area contributed by atoms with Crippen LogP contribution in [0.5, 0.6) is 5.75 Å². The number of hydrogen-bond donors (Lipinski definition) is 1. The SMILES string of the molecule is COc1ccc(CNc2cccc3c2oc2ccccc23)cc1. The van der Waals surface area contributed by atoms with E-state index in [0.29, 0.717) is 0 Å². The molecule has 3 aromatic carbocycles. The van der Waals surface area contributed by atoms with Crippen molar-refractivity contribution in [2.75, 3.05) is 12.4 Å². The quantitative estimate of drug-likeness (QED) is 0.562. The average molecular weight is 303 g/mol. The van der Waals surface area contributed by atoms with Crippen LogP contribution in [0.3, 0.4) is 0 Å². The highest BCUT2D eigenvalue weighted by atomic mass is 16.5. The van der Waals surface area contributed by atoms with Crippen molar-refractivity contribution in [3.63, 3.8) is 0 Å². The molecule has 4 aromatic rings. The largest absolute Gasteiger partial charge is 0.497 e. The van der Waals surface area contributed by atoms with Crippen molar-refractivity contribution < 1.29 is 9.15 Å². The van der Waals surface area contributed by atoms with E-state index in [-0.39, 0.29) is 0 Å². The van der Waals surface area contributed by atoms with Gasteiger partial charge in [-0.1, -0.05) is 42.5 Å². The third-order valence-electron chi connectivity index (χ3n) is 4.05. The molecule has 3 heteroatoms. The molecule has 114 valence electrons. The van der Waals surface area contributed by atoms with Gasteiger partial charge in [0.2, 0.25) is 0 Å². The maximum Gasteiger partial charge on any atom is 0.158 e. The van der Waals surface area contributed by atoms with Crippen molar-refractivity contribution in [3.05, 3.63) is 72.3 Å². The highest BCUT2D eigenvalue weighted by Crippen LogP contribution is 2.33. The molecule has 1 heterocycles. The van der Waals surface area contributed by atoms with Crippen molar-refractivity contribution in [3.8, 4) is 5.75 Å². The first-order valence-corrected chi connectivity index (χ1v) is 7.62. The molecule has 0 atom stereocenters. The molecule has 0 amide bonds. The van der Waals surface area contributed by atoms with E-state index in [2.05, 4.69) is 35.6 Å². The average Bonchev–Trinajstić information content (AvgIpc) is 3.00. The molecular formula is C20H17NO2. The van der Waals surface area contributed by atoms with E-state index in [1.54, 1.807) is 7.11 Å². The highest BCUT2D eigenvalue weighted by Gasteiger charge is 2.09. The molecule has 1 aromatic heterocycles. The Bertz CT molecular complexity index is 954. The predicted octanol–water partition coefficient (Wildman–Crippen LogP) is 5.21. The van der Waals surface area contributed by atoms with Gasteiger partial charge in [-0.3, -0.25) is 0 Å². The Kier molecular flexibility index (Phi) is 3.39. The summed E-state index contributed by atoms with van der Waals surface area (Å²) in [5.41, 5.74) is 4.02. The van der Waals surface area contributed by atoms with Gasteiger partial charge in [-0.25, -0.2) is 0 Å². The number of anilines is 1. The highest BCUT2D eigenvalue weighted by molar-refractivity contribution is 6.08. The molecule has 23 heavy (non-hydrogen) atoms. The number of methoxy groups -OCH3 is 1. The maximum absolute atomic E-state index is 6.03. The number of nitrogens with one attached hydrogen (secondary N) is 1. The molecule has 0 bridgehead atoms. The Labute approximate surface area is 134 Å². The van der Waals surface area contributed by atoms with Gasteiger partial charge >= 0.3 is 0 Å². The third-order valence-corrected chi connectivity index (χ3v) is 4.05. The van der Waals surface area contributed by atoms with E-state index < -0.39 is 0 Å². The smallest absolute Gasteiger partial charge is 0.158 e. The lowest BCUT2D eigenvalue weighted by Crippen LogP contribution is -1.99. The van der Waals surface area contributed by atoms with Gasteiger partial charge in [-0.2, -0.15) is 0 Å². The van der Waals surface area contributed by atoms with E-state index in [1.807, 2.05) is 36.4 Å². The van der Waals surface area contributed by atoms with Crippen LogP contribution >= 0.6 is 0 Å². The topological polar surface area (TPSA) is 34.4 Å². The third kappa shape index (κ3) is 2.50. The number of hydrogen-bond acceptors (Lipinski definition) is 3. The Hall–Kier alpha value is -2.94. The first-order chi connectivity index (χ1) is 11.3. The van der Waals surface area contributed by atoms with Crippen LogP contribution in [0.15, 0.2) is 71.1 Å². The lowest BCUT2D eigenvalue weighted by Gasteiger charge is -2.08.